The van der Waals surface area contributed by atoms with E-state index in [0.29, 0.717) is 0 Å². The van der Waals surface area contributed by atoms with E-state index in [1.807, 2.05) is 0 Å². The zero-order chi connectivity index (χ0) is 25.2. The number of carbonyl (C=O) groups is 2. The van der Waals surface area contributed by atoms with Crippen molar-refractivity contribution in [3.63, 3.8) is 0 Å². The highest BCUT2D eigenvalue weighted by atomic mass is 19.1. The second kappa shape index (κ2) is 9.67. The Morgan fingerprint density at radius 3 is 2.20 bits per heavy atom. The number of halogens is 1. The number of esters is 2. The van der Waals surface area contributed by atoms with Crippen molar-refractivity contribution < 1.29 is 28.2 Å². The molecular weight excluding hydrogens is 459 g/mol. The van der Waals surface area contributed by atoms with Gasteiger partial charge in [0.2, 0.25) is 0 Å². The number of aromatic amines is 1. The average molecular weight is 482 g/mol. The Hall–Kier alpha value is -4.05. The number of H-pyrrole nitrogens is 1. The van der Waals surface area contributed by atoms with Crippen molar-refractivity contribution >= 4 is 11.9 Å². The Balaban J connectivity index is 1.64. The van der Waals surface area contributed by atoms with E-state index in [4.69, 9.17) is 14.2 Å². The SMILES string of the molecule is Cc1cn([C@@H]2O[C@](C)(COC(=O)c3ccccc3)[C@@H](OC(=O)c3ccccc3)[C@@H]2F)c(=O)[nH]c1=O. The lowest BCUT2D eigenvalue weighted by Gasteiger charge is -2.29. The van der Waals surface area contributed by atoms with Gasteiger partial charge in [-0.2, -0.15) is 0 Å². The van der Waals surface area contributed by atoms with E-state index >= 15 is 4.39 Å². The predicted octanol–water partition coefficient (Wildman–Crippen LogP) is 2.55. The monoisotopic (exact) mass is 482 g/mol. The van der Waals surface area contributed by atoms with Crippen LogP contribution in [0.3, 0.4) is 0 Å². The van der Waals surface area contributed by atoms with Gasteiger partial charge in [0, 0.05) is 11.8 Å². The summed E-state index contributed by atoms with van der Waals surface area (Å²) < 4.78 is 33.4. The molecule has 2 aromatic carbocycles. The number of rotatable bonds is 6. The molecule has 3 aromatic rings. The van der Waals surface area contributed by atoms with Gasteiger partial charge in [0.25, 0.3) is 5.56 Å². The zero-order valence-corrected chi connectivity index (χ0v) is 19.0. The lowest BCUT2D eigenvalue weighted by atomic mass is 9.98. The number of nitrogens with zero attached hydrogens (tertiary/aromatic N) is 1. The fraction of sp³-hybridized carbons (Fsp3) is 0.280. The van der Waals surface area contributed by atoms with E-state index in [1.165, 1.54) is 26.0 Å². The number of alkyl halides is 1. The third-order valence-corrected chi connectivity index (χ3v) is 5.72. The van der Waals surface area contributed by atoms with Gasteiger partial charge in [0.05, 0.1) is 11.1 Å². The number of benzene rings is 2. The van der Waals surface area contributed by atoms with E-state index < -0.39 is 53.9 Å². The van der Waals surface area contributed by atoms with Crippen molar-refractivity contribution in [3.8, 4) is 0 Å². The standard InChI is InChI=1S/C25H23FN2O7/c1-15-13-28(24(32)27-20(15)29)21-18(26)19(34-23(31)17-11-7-4-8-12-17)25(2,35-21)14-33-22(30)16-9-5-3-6-10-16/h3-13,18-19,21H,14H2,1-2H3,(H,27,29,32)/t18-,19-,21+,25+/m0/s1. The van der Waals surface area contributed by atoms with Crippen LogP contribution in [0.2, 0.25) is 0 Å². The molecule has 182 valence electrons. The summed E-state index contributed by atoms with van der Waals surface area (Å²) in [6, 6.07) is 16.1. The van der Waals surface area contributed by atoms with Crippen molar-refractivity contribution in [2.75, 3.05) is 6.61 Å². The van der Waals surface area contributed by atoms with Gasteiger partial charge < -0.3 is 14.2 Å². The Morgan fingerprint density at radius 2 is 1.60 bits per heavy atom. The lowest BCUT2D eigenvalue weighted by molar-refractivity contribution is -0.122. The van der Waals surface area contributed by atoms with Gasteiger partial charge >= 0.3 is 17.6 Å². The zero-order valence-electron chi connectivity index (χ0n) is 19.0. The lowest BCUT2D eigenvalue weighted by Crippen LogP contribution is -2.46. The summed E-state index contributed by atoms with van der Waals surface area (Å²) >= 11 is 0. The first-order chi connectivity index (χ1) is 16.7. The number of aromatic nitrogens is 2. The molecule has 0 aliphatic carbocycles. The summed E-state index contributed by atoms with van der Waals surface area (Å²) in [6.45, 7) is 2.40. The molecule has 4 rings (SSSR count). The number of nitrogens with one attached hydrogen (secondary N) is 1. The Morgan fingerprint density at radius 1 is 1.03 bits per heavy atom. The molecule has 0 bridgehead atoms. The predicted molar refractivity (Wildman–Crippen MR) is 122 cm³/mol. The van der Waals surface area contributed by atoms with Crippen LogP contribution in [-0.4, -0.2) is 46.0 Å². The highest BCUT2D eigenvalue weighted by Gasteiger charge is 2.57. The molecule has 1 N–H and O–H groups in total. The topological polar surface area (TPSA) is 117 Å². The molecule has 35 heavy (non-hydrogen) atoms. The summed E-state index contributed by atoms with van der Waals surface area (Å²) in [4.78, 5) is 51.5. The number of carbonyl (C=O) groups excluding carboxylic acids is 2. The molecule has 4 atom stereocenters. The molecule has 1 fully saturated rings. The molecule has 0 unspecified atom stereocenters. The Kier molecular flexibility index (Phi) is 6.65. The number of hydrogen-bond acceptors (Lipinski definition) is 7. The fourth-order valence-electron chi connectivity index (χ4n) is 3.81. The molecule has 1 aromatic heterocycles. The third-order valence-electron chi connectivity index (χ3n) is 5.72. The normalized spacial score (nSPS) is 23.6. The number of hydrogen-bond donors (Lipinski definition) is 1. The van der Waals surface area contributed by atoms with Crippen LogP contribution in [-0.2, 0) is 14.2 Å². The van der Waals surface area contributed by atoms with Crippen molar-refractivity contribution in [2.45, 2.75) is 38.0 Å². The van der Waals surface area contributed by atoms with Crippen LogP contribution in [0.15, 0.2) is 76.4 Å². The van der Waals surface area contributed by atoms with Crippen LogP contribution in [0.4, 0.5) is 4.39 Å². The molecular formula is C25H23FN2O7. The maximum Gasteiger partial charge on any atom is 0.338 e. The molecule has 0 saturated carbocycles. The molecule has 10 heteroatoms. The molecule has 1 saturated heterocycles. The maximum atomic E-state index is 15.8. The van der Waals surface area contributed by atoms with E-state index in [2.05, 4.69) is 4.98 Å². The summed E-state index contributed by atoms with van der Waals surface area (Å²) in [5, 5.41) is 0. The second-order valence-corrected chi connectivity index (χ2v) is 8.38. The maximum absolute atomic E-state index is 15.8. The van der Waals surface area contributed by atoms with Gasteiger partial charge in [0.15, 0.2) is 18.5 Å². The van der Waals surface area contributed by atoms with Crippen LogP contribution in [0.1, 0.15) is 39.4 Å². The Bertz CT molecular complexity index is 1340. The molecule has 2 heterocycles. The molecule has 9 nitrogen and oxygen atoms in total. The van der Waals surface area contributed by atoms with Crippen molar-refractivity contribution in [1.29, 1.82) is 0 Å². The van der Waals surface area contributed by atoms with Crippen LogP contribution < -0.4 is 11.2 Å². The summed E-state index contributed by atoms with van der Waals surface area (Å²) in [5.74, 6) is -1.49. The Labute approximate surface area is 199 Å². The first kappa shape index (κ1) is 24.1. The summed E-state index contributed by atoms with van der Waals surface area (Å²) in [7, 11) is 0. The molecule has 0 spiro atoms. The minimum Gasteiger partial charge on any atom is -0.459 e. The van der Waals surface area contributed by atoms with Crippen LogP contribution in [0.25, 0.3) is 0 Å². The van der Waals surface area contributed by atoms with Gasteiger partial charge in [-0.25, -0.2) is 18.8 Å². The van der Waals surface area contributed by atoms with Crippen molar-refractivity contribution in [1.82, 2.24) is 9.55 Å². The first-order valence-corrected chi connectivity index (χ1v) is 10.8. The summed E-state index contributed by atoms with van der Waals surface area (Å²) in [6.07, 6.45) is -3.95. The molecule has 0 amide bonds. The number of aryl methyl sites for hydroxylation is 1. The minimum atomic E-state index is -2.02. The van der Waals surface area contributed by atoms with Crippen LogP contribution in [0.5, 0.6) is 0 Å². The third kappa shape index (κ3) is 4.92. The smallest absolute Gasteiger partial charge is 0.338 e. The summed E-state index contributed by atoms with van der Waals surface area (Å²) in [5.41, 5.74) is -2.56. The van der Waals surface area contributed by atoms with Gasteiger partial charge in [-0.1, -0.05) is 36.4 Å². The van der Waals surface area contributed by atoms with Gasteiger partial charge in [-0.3, -0.25) is 14.3 Å². The van der Waals surface area contributed by atoms with Crippen LogP contribution in [0, 0.1) is 6.92 Å². The van der Waals surface area contributed by atoms with Crippen LogP contribution >= 0.6 is 0 Å². The second-order valence-electron chi connectivity index (χ2n) is 8.38. The van der Waals surface area contributed by atoms with E-state index in [-0.39, 0.29) is 16.7 Å². The molecule has 0 radical (unpaired) electrons. The van der Waals surface area contributed by atoms with Crippen molar-refractivity contribution in [3.05, 3.63) is 104 Å². The highest BCUT2D eigenvalue weighted by molar-refractivity contribution is 5.90. The largest absolute Gasteiger partial charge is 0.459 e. The quantitative estimate of drug-likeness (QED) is 0.537. The highest BCUT2D eigenvalue weighted by Crippen LogP contribution is 2.41. The number of ether oxygens (including phenoxy) is 3. The first-order valence-electron chi connectivity index (χ1n) is 10.8. The van der Waals surface area contributed by atoms with Gasteiger partial charge in [-0.15, -0.1) is 0 Å². The minimum absolute atomic E-state index is 0.155. The van der Waals surface area contributed by atoms with E-state index in [9.17, 15) is 19.2 Å². The average Bonchev–Trinajstić information content (AvgIpc) is 3.11. The molecule has 1 aliphatic rings. The van der Waals surface area contributed by atoms with Crippen molar-refractivity contribution in [2.24, 2.45) is 0 Å². The molecule has 1 aliphatic heterocycles. The van der Waals surface area contributed by atoms with Gasteiger partial charge in [0.1, 0.15) is 12.2 Å². The van der Waals surface area contributed by atoms with Gasteiger partial charge in [-0.05, 0) is 38.1 Å². The van der Waals surface area contributed by atoms with E-state index in [0.717, 1.165) is 10.8 Å². The van der Waals surface area contributed by atoms with E-state index in [1.54, 1.807) is 48.5 Å². The fourth-order valence-corrected chi connectivity index (χ4v) is 3.81.